The number of carbonyl (C=O) groups is 1. The molecule has 0 aliphatic rings. The number of furan rings is 1. The summed E-state index contributed by atoms with van der Waals surface area (Å²) < 4.78 is 5.04. The first-order valence-corrected chi connectivity index (χ1v) is 5.59. The van der Waals surface area contributed by atoms with Crippen molar-refractivity contribution in [1.29, 1.82) is 0 Å². The second kappa shape index (κ2) is 6.15. The molecule has 0 atom stereocenters. The fourth-order valence-corrected chi connectivity index (χ4v) is 1.51. The lowest BCUT2D eigenvalue weighted by Gasteiger charge is -2.24. The molecule has 18 heavy (non-hydrogen) atoms. The molecule has 0 saturated carbocycles. The third-order valence-electron chi connectivity index (χ3n) is 2.53. The van der Waals surface area contributed by atoms with Gasteiger partial charge >= 0.3 is 11.9 Å². The number of hydrogen-bond acceptors (Lipinski definition) is 5. The van der Waals surface area contributed by atoms with E-state index in [0.717, 1.165) is 0 Å². The zero-order valence-corrected chi connectivity index (χ0v) is 10.3. The van der Waals surface area contributed by atoms with Gasteiger partial charge in [-0.05, 0) is 19.9 Å². The van der Waals surface area contributed by atoms with Gasteiger partial charge < -0.3 is 9.52 Å². The van der Waals surface area contributed by atoms with Gasteiger partial charge in [-0.15, -0.1) is 0 Å². The molecule has 0 aliphatic carbocycles. The first-order valence-electron chi connectivity index (χ1n) is 5.59. The van der Waals surface area contributed by atoms with Gasteiger partial charge in [0.05, 0.1) is 19.0 Å². The SMILES string of the molecule is CC(C)N(CCC(=O)O)Cc1ccc([N+](=O)[O-])o1. The van der Waals surface area contributed by atoms with E-state index in [9.17, 15) is 14.9 Å². The topological polar surface area (TPSA) is 96.8 Å². The highest BCUT2D eigenvalue weighted by molar-refractivity contribution is 5.66. The van der Waals surface area contributed by atoms with Crippen LogP contribution in [0.4, 0.5) is 5.88 Å². The Morgan fingerprint density at radius 1 is 1.56 bits per heavy atom. The Balaban J connectivity index is 2.64. The van der Waals surface area contributed by atoms with E-state index in [1.54, 1.807) is 0 Å². The molecule has 0 spiro atoms. The summed E-state index contributed by atoms with van der Waals surface area (Å²) in [7, 11) is 0. The Kier molecular flexibility index (Phi) is 4.85. The third-order valence-corrected chi connectivity index (χ3v) is 2.53. The van der Waals surface area contributed by atoms with E-state index in [1.807, 2.05) is 18.7 Å². The molecule has 1 aromatic heterocycles. The minimum Gasteiger partial charge on any atom is -0.481 e. The van der Waals surface area contributed by atoms with E-state index in [4.69, 9.17) is 9.52 Å². The van der Waals surface area contributed by atoms with Gasteiger partial charge in [0.15, 0.2) is 0 Å². The highest BCUT2D eigenvalue weighted by atomic mass is 16.6. The van der Waals surface area contributed by atoms with Gasteiger partial charge in [-0.3, -0.25) is 19.8 Å². The molecule has 0 radical (unpaired) electrons. The molecule has 0 fully saturated rings. The molecule has 0 aliphatic heterocycles. The molecule has 1 N–H and O–H groups in total. The molecule has 100 valence electrons. The van der Waals surface area contributed by atoms with Crippen molar-refractivity contribution in [2.75, 3.05) is 6.54 Å². The maximum Gasteiger partial charge on any atom is 0.433 e. The van der Waals surface area contributed by atoms with Crippen molar-refractivity contribution in [2.24, 2.45) is 0 Å². The molecule has 7 heteroatoms. The van der Waals surface area contributed by atoms with Crippen LogP contribution in [0.5, 0.6) is 0 Å². The number of carboxylic acids is 1. The minimum absolute atomic E-state index is 0.0288. The summed E-state index contributed by atoms with van der Waals surface area (Å²) in [5, 5.41) is 19.1. The summed E-state index contributed by atoms with van der Waals surface area (Å²) >= 11 is 0. The zero-order valence-electron chi connectivity index (χ0n) is 10.3. The minimum atomic E-state index is -0.869. The maximum absolute atomic E-state index is 10.5. The molecule has 0 saturated heterocycles. The van der Waals surface area contributed by atoms with Crippen molar-refractivity contribution in [3.05, 3.63) is 28.0 Å². The van der Waals surface area contributed by atoms with Crippen molar-refractivity contribution >= 4 is 11.9 Å². The normalized spacial score (nSPS) is 11.1. The fraction of sp³-hybridized carbons (Fsp3) is 0.545. The van der Waals surface area contributed by atoms with Crippen molar-refractivity contribution in [3.8, 4) is 0 Å². The summed E-state index contributed by atoms with van der Waals surface area (Å²) in [5.41, 5.74) is 0. The van der Waals surface area contributed by atoms with Crippen LogP contribution in [0, 0.1) is 10.1 Å². The van der Waals surface area contributed by atoms with Crippen LogP contribution in [0.15, 0.2) is 16.5 Å². The molecule has 7 nitrogen and oxygen atoms in total. The van der Waals surface area contributed by atoms with Crippen LogP contribution in [-0.4, -0.2) is 33.5 Å². The van der Waals surface area contributed by atoms with E-state index in [2.05, 4.69) is 0 Å². The van der Waals surface area contributed by atoms with Crippen LogP contribution in [0.2, 0.25) is 0 Å². The standard InChI is InChI=1S/C11H16N2O5/c1-8(2)12(6-5-11(14)15)7-9-3-4-10(18-9)13(16)17/h3-4,8H,5-7H2,1-2H3,(H,14,15). The molecule has 1 rings (SSSR count). The van der Waals surface area contributed by atoms with E-state index in [-0.39, 0.29) is 18.3 Å². The van der Waals surface area contributed by atoms with Crippen LogP contribution in [0.25, 0.3) is 0 Å². The molecule has 0 bridgehead atoms. The molecule has 1 aromatic rings. The lowest BCUT2D eigenvalue weighted by molar-refractivity contribution is -0.402. The summed E-state index contributed by atoms with van der Waals surface area (Å²) in [4.78, 5) is 22.3. The van der Waals surface area contributed by atoms with Crippen LogP contribution < -0.4 is 0 Å². The number of aliphatic carboxylic acids is 1. The second-order valence-corrected chi connectivity index (χ2v) is 4.21. The van der Waals surface area contributed by atoms with Crippen molar-refractivity contribution in [3.63, 3.8) is 0 Å². The average molecular weight is 256 g/mol. The number of carboxylic acid groups (broad SMARTS) is 1. The predicted octanol–water partition coefficient (Wildman–Crippen LogP) is 1.87. The molecule has 0 aromatic carbocycles. The van der Waals surface area contributed by atoms with E-state index in [1.165, 1.54) is 12.1 Å². The Morgan fingerprint density at radius 2 is 2.22 bits per heavy atom. The van der Waals surface area contributed by atoms with Gasteiger partial charge in [0.25, 0.3) is 0 Å². The van der Waals surface area contributed by atoms with Gasteiger partial charge in [0.1, 0.15) is 10.7 Å². The molecule has 0 amide bonds. The molecular weight excluding hydrogens is 240 g/mol. The molecular formula is C11H16N2O5. The van der Waals surface area contributed by atoms with Crippen LogP contribution in [0.3, 0.4) is 0 Å². The van der Waals surface area contributed by atoms with Crippen LogP contribution in [-0.2, 0) is 11.3 Å². The highest BCUT2D eigenvalue weighted by Gasteiger charge is 2.17. The van der Waals surface area contributed by atoms with Crippen LogP contribution >= 0.6 is 0 Å². The lowest BCUT2D eigenvalue weighted by Crippen LogP contribution is -2.32. The monoisotopic (exact) mass is 256 g/mol. The first-order chi connectivity index (χ1) is 8.40. The number of hydrogen-bond donors (Lipinski definition) is 1. The second-order valence-electron chi connectivity index (χ2n) is 4.21. The zero-order chi connectivity index (χ0) is 13.7. The average Bonchev–Trinajstić information content (AvgIpc) is 2.71. The van der Waals surface area contributed by atoms with Gasteiger partial charge in [0.2, 0.25) is 0 Å². The van der Waals surface area contributed by atoms with E-state index >= 15 is 0 Å². The van der Waals surface area contributed by atoms with Crippen molar-refractivity contribution < 1.29 is 19.2 Å². The number of nitrogens with zero attached hydrogens (tertiary/aromatic N) is 2. The fourth-order valence-electron chi connectivity index (χ4n) is 1.51. The quantitative estimate of drug-likeness (QED) is 0.590. The Hall–Kier alpha value is -1.89. The summed E-state index contributed by atoms with van der Waals surface area (Å²) in [5.74, 6) is -0.709. The lowest BCUT2D eigenvalue weighted by atomic mass is 10.2. The van der Waals surface area contributed by atoms with Crippen molar-refractivity contribution in [1.82, 2.24) is 4.90 Å². The number of rotatable bonds is 7. The van der Waals surface area contributed by atoms with E-state index in [0.29, 0.717) is 18.8 Å². The number of nitro groups is 1. The van der Waals surface area contributed by atoms with Crippen LogP contribution in [0.1, 0.15) is 26.0 Å². The smallest absolute Gasteiger partial charge is 0.433 e. The highest BCUT2D eigenvalue weighted by Crippen LogP contribution is 2.18. The predicted molar refractivity (Wildman–Crippen MR) is 63.2 cm³/mol. The van der Waals surface area contributed by atoms with Gasteiger partial charge in [0, 0.05) is 12.6 Å². The van der Waals surface area contributed by atoms with Gasteiger partial charge in [-0.1, -0.05) is 0 Å². The first kappa shape index (κ1) is 14.2. The Labute approximate surface area is 104 Å². The summed E-state index contributed by atoms with van der Waals surface area (Å²) in [6, 6.07) is 2.97. The molecule has 0 unspecified atom stereocenters. The van der Waals surface area contributed by atoms with Crippen molar-refractivity contribution in [2.45, 2.75) is 32.9 Å². The van der Waals surface area contributed by atoms with E-state index < -0.39 is 10.9 Å². The molecule has 1 heterocycles. The van der Waals surface area contributed by atoms with Gasteiger partial charge in [-0.2, -0.15) is 0 Å². The summed E-state index contributed by atoms with van der Waals surface area (Å²) in [6.07, 6.45) is 0.0288. The third kappa shape index (κ3) is 4.17. The Morgan fingerprint density at radius 3 is 2.67 bits per heavy atom. The summed E-state index contributed by atoms with van der Waals surface area (Å²) in [6.45, 7) is 4.60. The largest absolute Gasteiger partial charge is 0.481 e. The van der Waals surface area contributed by atoms with Gasteiger partial charge in [-0.25, -0.2) is 0 Å². The maximum atomic E-state index is 10.5. The Bertz CT molecular complexity index is 427.